The summed E-state index contributed by atoms with van der Waals surface area (Å²) < 4.78 is 2.45. The molecule has 2 atom stereocenters. The van der Waals surface area contributed by atoms with Crippen LogP contribution in [0.1, 0.15) is 72.4 Å². The summed E-state index contributed by atoms with van der Waals surface area (Å²) in [5, 5.41) is 0. The highest BCUT2D eigenvalue weighted by molar-refractivity contribution is 7.09. The van der Waals surface area contributed by atoms with Crippen molar-refractivity contribution in [2.75, 3.05) is 0 Å². The van der Waals surface area contributed by atoms with Crippen LogP contribution in [0.3, 0.4) is 0 Å². The van der Waals surface area contributed by atoms with Crippen LogP contribution in [0.5, 0.6) is 0 Å². The van der Waals surface area contributed by atoms with Crippen LogP contribution in [0.15, 0.2) is 84.4 Å². The summed E-state index contributed by atoms with van der Waals surface area (Å²) >= 11 is 1.89. The second-order valence-corrected chi connectivity index (χ2v) is 10.1. The molecule has 1 heterocycles. The SMILES string of the molecule is CCc1sc[n+](-c2cc(C(C)Cc3ccccc3)cc(C(C)Cc3ccccc3)c2)c1CC. The first-order valence-corrected chi connectivity index (χ1v) is 13.2. The maximum atomic E-state index is 2.46. The Morgan fingerprint density at radius 3 is 1.67 bits per heavy atom. The number of aryl methyl sites for hydroxylation is 1. The van der Waals surface area contributed by atoms with E-state index in [2.05, 4.69) is 117 Å². The molecule has 0 bridgehead atoms. The van der Waals surface area contributed by atoms with E-state index in [9.17, 15) is 0 Å². The van der Waals surface area contributed by atoms with Gasteiger partial charge in [0.15, 0.2) is 0 Å². The molecule has 0 N–H and O–H groups in total. The van der Waals surface area contributed by atoms with E-state index < -0.39 is 0 Å². The molecule has 2 unspecified atom stereocenters. The number of hydrogen-bond donors (Lipinski definition) is 0. The summed E-state index contributed by atoms with van der Waals surface area (Å²) in [6, 6.07) is 29.1. The first-order chi connectivity index (χ1) is 16.1. The van der Waals surface area contributed by atoms with Crippen LogP contribution in [0, 0.1) is 0 Å². The highest BCUT2D eigenvalue weighted by atomic mass is 32.1. The number of benzene rings is 3. The number of thiazole rings is 1. The van der Waals surface area contributed by atoms with Crippen LogP contribution in [0.2, 0.25) is 0 Å². The van der Waals surface area contributed by atoms with Gasteiger partial charge in [0.25, 0.3) is 0 Å². The summed E-state index contributed by atoms with van der Waals surface area (Å²) in [5.74, 6) is 0.926. The second kappa shape index (κ2) is 10.9. The van der Waals surface area contributed by atoms with Crippen molar-refractivity contribution in [1.82, 2.24) is 0 Å². The monoisotopic (exact) mass is 454 g/mol. The third kappa shape index (κ3) is 5.62. The molecule has 0 aliphatic carbocycles. The molecular formula is C31H36NS+. The molecular weight excluding hydrogens is 418 g/mol. The fraction of sp³-hybridized carbons (Fsp3) is 0.323. The summed E-state index contributed by atoms with van der Waals surface area (Å²) in [6.45, 7) is 9.28. The number of nitrogens with zero attached hydrogens (tertiary/aromatic N) is 1. The molecule has 0 amide bonds. The molecule has 0 saturated heterocycles. The van der Waals surface area contributed by atoms with Gasteiger partial charge in [-0.2, -0.15) is 4.57 Å². The molecule has 3 aromatic carbocycles. The van der Waals surface area contributed by atoms with Crippen molar-refractivity contribution in [3.63, 3.8) is 0 Å². The summed E-state index contributed by atoms with van der Waals surface area (Å²) in [6.07, 6.45) is 4.28. The summed E-state index contributed by atoms with van der Waals surface area (Å²) in [7, 11) is 0. The summed E-state index contributed by atoms with van der Waals surface area (Å²) in [4.78, 5) is 1.50. The molecule has 33 heavy (non-hydrogen) atoms. The Labute approximate surface area is 203 Å². The summed E-state index contributed by atoms with van der Waals surface area (Å²) in [5.41, 5.74) is 10.8. The third-order valence-corrected chi connectivity index (χ3v) is 7.84. The van der Waals surface area contributed by atoms with Crippen molar-refractivity contribution >= 4 is 11.3 Å². The Morgan fingerprint density at radius 2 is 1.21 bits per heavy atom. The second-order valence-electron chi connectivity index (χ2n) is 9.21. The van der Waals surface area contributed by atoms with Gasteiger partial charge in [-0.15, -0.1) is 0 Å². The highest BCUT2D eigenvalue weighted by Crippen LogP contribution is 2.29. The molecule has 1 nitrogen and oxygen atoms in total. The Hall–Kier alpha value is -2.71. The normalized spacial score (nSPS) is 13.1. The molecule has 0 saturated carbocycles. The van der Waals surface area contributed by atoms with E-state index in [1.165, 1.54) is 38.5 Å². The predicted octanol–water partition coefficient (Wildman–Crippen LogP) is 7.84. The van der Waals surface area contributed by atoms with Gasteiger partial charge in [0.05, 0.1) is 4.88 Å². The fourth-order valence-electron chi connectivity index (χ4n) is 4.79. The molecule has 0 aliphatic rings. The van der Waals surface area contributed by atoms with Gasteiger partial charge in [-0.3, -0.25) is 0 Å². The van der Waals surface area contributed by atoms with Crippen LogP contribution in [-0.4, -0.2) is 0 Å². The molecule has 0 spiro atoms. The zero-order chi connectivity index (χ0) is 23.2. The van der Waals surface area contributed by atoms with E-state index in [1.54, 1.807) is 0 Å². The lowest BCUT2D eigenvalue weighted by Gasteiger charge is -2.18. The van der Waals surface area contributed by atoms with E-state index in [0.29, 0.717) is 11.8 Å². The maximum Gasteiger partial charge on any atom is 0.231 e. The Balaban J connectivity index is 1.73. The van der Waals surface area contributed by atoms with Crippen LogP contribution in [0.25, 0.3) is 5.69 Å². The topological polar surface area (TPSA) is 3.88 Å². The zero-order valence-electron chi connectivity index (χ0n) is 20.4. The lowest BCUT2D eigenvalue weighted by molar-refractivity contribution is -0.599. The van der Waals surface area contributed by atoms with E-state index in [4.69, 9.17) is 0 Å². The molecule has 0 radical (unpaired) electrons. The van der Waals surface area contributed by atoms with Gasteiger partial charge in [-0.1, -0.05) is 106 Å². The Morgan fingerprint density at radius 1 is 0.697 bits per heavy atom. The van der Waals surface area contributed by atoms with Crippen molar-refractivity contribution in [3.05, 3.63) is 117 Å². The molecule has 0 fully saturated rings. The Kier molecular flexibility index (Phi) is 7.77. The first kappa shape index (κ1) is 23.4. The van der Waals surface area contributed by atoms with Gasteiger partial charge < -0.3 is 0 Å². The lowest BCUT2D eigenvalue weighted by Crippen LogP contribution is -2.33. The van der Waals surface area contributed by atoms with Crippen molar-refractivity contribution in [1.29, 1.82) is 0 Å². The van der Waals surface area contributed by atoms with E-state index in [-0.39, 0.29) is 0 Å². The third-order valence-electron chi connectivity index (χ3n) is 6.72. The molecule has 170 valence electrons. The smallest absolute Gasteiger partial charge is 0.154 e. The fourth-order valence-corrected chi connectivity index (χ4v) is 5.82. The minimum atomic E-state index is 0.463. The number of aromatic nitrogens is 1. The largest absolute Gasteiger partial charge is 0.231 e. The van der Waals surface area contributed by atoms with Crippen molar-refractivity contribution in [2.24, 2.45) is 0 Å². The van der Waals surface area contributed by atoms with Crippen LogP contribution >= 0.6 is 11.3 Å². The zero-order valence-corrected chi connectivity index (χ0v) is 21.2. The van der Waals surface area contributed by atoms with E-state index >= 15 is 0 Å². The van der Waals surface area contributed by atoms with Crippen LogP contribution < -0.4 is 4.57 Å². The average molecular weight is 455 g/mol. The molecule has 4 aromatic rings. The average Bonchev–Trinajstić information content (AvgIpc) is 3.28. The minimum absolute atomic E-state index is 0.463. The van der Waals surface area contributed by atoms with Gasteiger partial charge in [0.2, 0.25) is 16.9 Å². The van der Waals surface area contributed by atoms with Crippen LogP contribution in [0.4, 0.5) is 0 Å². The van der Waals surface area contributed by atoms with Gasteiger partial charge in [0, 0.05) is 18.6 Å². The lowest BCUT2D eigenvalue weighted by atomic mass is 9.87. The first-order valence-electron chi connectivity index (χ1n) is 12.3. The van der Waals surface area contributed by atoms with Crippen molar-refractivity contribution < 1.29 is 4.57 Å². The highest BCUT2D eigenvalue weighted by Gasteiger charge is 2.22. The predicted molar refractivity (Wildman–Crippen MR) is 142 cm³/mol. The Bertz CT molecular complexity index is 1090. The molecule has 0 aliphatic heterocycles. The molecule has 1 aromatic heterocycles. The minimum Gasteiger partial charge on any atom is -0.154 e. The van der Waals surface area contributed by atoms with Crippen LogP contribution in [-0.2, 0) is 25.7 Å². The van der Waals surface area contributed by atoms with E-state index in [1.807, 2.05) is 11.3 Å². The van der Waals surface area contributed by atoms with Gasteiger partial charge in [-0.05, 0) is 53.4 Å². The van der Waals surface area contributed by atoms with E-state index in [0.717, 1.165) is 25.7 Å². The standard InChI is InChI=1S/C31H36NS/c1-5-30-31(6-2)33-22-32(30)29-20-27(23(3)17-25-13-9-7-10-14-25)19-28(21-29)24(4)18-26-15-11-8-12-16-26/h7-16,19-24H,5-6,17-18H2,1-4H3/q+1. The molecule has 4 rings (SSSR count). The molecule has 2 heteroatoms. The van der Waals surface area contributed by atoms with Crippen molar-refractivity contribution in [2.45, 2.75) is 65.2 Å². The van der Waals surface area contributed by atoms with Gasteiger partial charge in [-0.25, -0.2) is 0 Å². The maximum absolute atomic E-state index is 2.46. The van der Waals surface area contributed by atoms with Crippen molar-refractivity contribution in [3.8, 4) is 5.69 Å². The van der Waals surface area contributed by atoms with Gasteiger partial charge >= 0.3 is 0 Å². The van der Waals surface area contributed by atoms with Gasteiger partial charge in [0.1, 0.15) is 0 Å². The number of rotatable bonds is 9. The number of hydrogen-bond acceptors (Lipinski definition) is 1. The quantitative estimate of drug-likeness (QED) is 0.227.